The van der Waals surface area contributed by atoms with E-state index in [2.05, 4.69) is 20.9 Å². The number of rotatable bonds is 4. The summed E-state index contributed by atoms with van der Waals surface area (Å²) < 4.78 is 10.9. The van der Waals surface area contributed by atoms with E-state index >= 15 is 0 Å². The van der Waals surface area contributed by atoms with Crippen molar-refractivity contribution in [1.82, 2.24) is 14.9 Å². The van der Waals surface area contributed by atoms with Gasteiger partial charge in [-0.2, -0.15) is 0 Å². The maximum absolute atomic E-state index is 5.56. The Kier molecular flexibility index (Phi) is 3.88. The van der Waals surface area contributed by atoms with Gasteiger partial charge in [-0.1, -0.05) is 0 Å². The Bertz CT molecular complexity index is 762. The van der Waals surface area contributed by atoms with Crippen molar-refractivity contribution >= 4 is 0 Å². The summed E-state index contributed by atoms with van der Waals surface area (Å²) in [5.74, 6) is 2.66. The van der Waals surface area contributed by atoms with Crippen LogP contribution in [0.25, 0.3) is 0 Å². The van der Waals surface area contributed by atoms with Gasteiger partial charge in [0.25, 0.3) is 0 Å². The van der Waals surface area contributed by atoms with E-state index < -0.39 is 0 Å². The van der Waals surface area contributed by atoms with Gasteiger partial charge in [-0.05, 0) is 38.0 Å². The molecule has 4 rings (SSSR count). The van der Waals surface area contributed by atoms with Crippen LogP contribution in [0.3, 0.4) is 0 Å². The van der Waals surface area contributed by atoms with Gasteiger partial charge in [-0.25, -0.2) is 9.97 Å². The van der Waals surface area contributed by atoms with Crippen molar-refractivity contribution in [3.63, 3.8) is 0 Å². The van der Waals surface area contributed by atoms with Crippen molar-refractivity contribution in [1.29, 1.82) is 0 Å². The monoisotopic (exact) mass is 325 g/mol. The van der Waals surface area contributed by atoms with E-state index in [0.29, 0.717) is 12.1 Å². The Labute approximate surface area is 142 Å². The smallest absolute Gasteiger partial charge is 0.125 e. The van der Waals surface area contributed by atoms with Crippen LogP contribution in [0.1, 0.15) is 41.5 Å². The van der Waals surface area contributed by atoms with Crippen molar-refractivity contribution < 1.29 is 9.47 Å². The molecular weight excluding hydrogens is 302 g/mol. The highest BCUT2D eigenvalue weighted by Gasteiger charge is 2.40. The summed E-state index contributed by atoms with van der Waals surface area (Å²) in [4.78, 5) is 11.7. The molecule has 0 spiro atoms. The van der Waals surface area contributed by atoms with Crippen LogP contribution < -0.4 is 9.47 Å². The zero-order valence-corrected chi connectivity index (χ0v) is 14.5. The third-order valence-electron chi connectivity index (χ3n) is 5.29. The number of hydrogen-bond donors (Lipinski definition) is 0. The lowest BCUT2D eigenvalue weighted by Gasteiger charge is -2.36. The van der Waals surface area contributed by atoms with Crippen LogP contribution in [0.4, 0.5) is 0 Å². The first-order valence-corrected chi connectivity index (χ1v) is 8.48. The fourth-order valence-corrected chi connectivity index (χ4v) is 4.12. The number of benzene rings is 1. The van der Waals surface area contributed by atoms with E-state index in [1.807, 2.05) is 25.3 Å². The summed E-state index contributed by atoms with van der Waals surface area (Å²) in [6.07, 6.45) is 5.43. The van der Waals surface area contributed by atoms with Gasteiger partial charge < -0.3 is 9.47 Å². The van der Waals surface area contributed by atoms with Crippen LogP contribution in [0.15, 0.2) is 24.4 Å². The highest BCUT2D eigenvalue weighted by Crippen LogP contribution is 2.44. The average molecular weight is 325 g/mol. The van der Waals surface area contributed by atoms with Crippen molar-refractivity contribution in [2.45, 2.75) is 44.8 Å². The number of nitrogens with zero attached hydrogens (tertiary/aromatic N) is 3. The molecule has 2 bridgehead atoms. The Morgan fingerprint density at radius 2 is 2.08 bits per heavy atom. The SMILES string of the molecule is COc1ccc(OC)c(CN2[C@H]3CC[C@H]2c2cnc(C)nc2C3)c1. The molecular formula is C19H23N3O2. The van der Waals surface area contributed by atoms with Crippen molar-refractivity contribution in [3.05, 3.63) is 47.0 Å². The number of fused-ring (bicyclic) bond motifs is 4. The fraction of sp³-hybridized carbons (Fsp3) is 0.474. The minimum atomic E-state index is 0.412. The van der Waals surface area contributed by atoms with E-state index in [1.54, 1.807) is 14.2 Å². The van der Waals surface area contributed by atoms with Crippen LogP contribution in [0.2, 0.25) is 0 Å². The molecule has 2 aliphatic rings. The Morgan fingerprint density at radius 3 is 2.88 bits per heavy atom. The predicted molar refractivity (Wildman–Crippen MR) is 91.3 cm³/mol. The molecule has 0 N–H and O–H groups in total. The molecule has 0 aliphatic carbocycles. The van der Waals surface area contributed by atoms with Crippen LogP contribution in [-0.4, -0.2) is 35.1 Å². The van der Waals surface area contributed by atoms with Gasteiger partial charge >= 0.3 is 0 Å². The predicted octanol–water partition coefficient (Wildman–Crippen LogP) is 3.06. The maximum Gasteiger partial charge on any atom is 0.125 e. The zero-order chi connectivity index (χ0) is 16.7. The maximum atomic E-state index is 5.56. The Hall–Kier alpha value is -2.14. The Morgan fingerprint density at radius 1 is 1.21 bits per heavy atom. The van der Waals surface area contributed by atoms with Gasteiger partial charge in [-0.3, -0.25) is 4.90 Å². The van der Waals surface area contributed by atoms with Gasteiger partial charge in [0, 0.05) is 42.4 Å². The Balaban J connectivity index is 1.66. The van der Waals surface area contributed by atoms with Crippen molar-refractivity contribution in [2.24, 2.45) is 0 Å². The third-order valence-corrected chi connectivity index (χ3v) is 5.29. The van der Waals surface area contributed by atoms with Gasteiger partial charge in [0.1, 0.15) is 17.3 Å². The zero-order valence-electron chi connectivity index (χ0n) is 14.5. The number of methoxy groups -OCH3 is 2. The molecule has 0 unspecified atom stereocenters. The molecule has 0 amide bonds. The lowest BCUT2D eigenvalue weighted by atomic mass is 9.98. The van der Waals surface area contributed by atoms with Crippen LogP contribution >= 0.6 is 0 Å². The summed E-state index contributed by atoms with van der Waals surface area (Å²) in [6, 6.07) is 6.97. The van der Waals surface area contributed by atoms with Crippen LogP contribution in [0, 0.1) is 6.92 Å². The number of aryl methyl sites for hydroxylation is 1. The van der Waals surface area contributed by atoms with E-state index in [0.717, 1.165) is 30.3 Å². The molecule has 5 heteroatoms. The van der Waals surface area contributed by atoms with E-state index in [9.17, 15) is 0 Å². The normalized spacial score (nSPS) is 22.3. The fourth-order valence-electron chi connectivity index (χ4n) is 4.12. The number of aromatic nitrogens is 2. The molecule has 1 fully saturated rings. The van der Waals surface area contributed by atoms with Crippen molar-refractivity contribution in [2.75, 3.05) is 14.2 Å². The van der Waals surface area contributed by atoms with E-state index in [1.165, 1.54) is 29.7 Å². The van der Waals surface area contributed by atoms with Gasteiger partial charge in [0.05, 0.1) is 19.9 Å². The minimum Gasteiger partial charge on any atom is -0.497 e. The highest BCUT2D eigenvalue weighted by atomic mass is 16.5. The van der Waals surface area contributed by atoms with Crippen LogP contribution in [-0.2, 0) is 13.0 Å². The third kappa shape index (κ3) is 2.53. The molecule has 5 nitrogen and oxygen atoms in total. The van der Waals surface area contributed by atoms with Crippen molar-refractivity contribution in [3.8, 4) is 11.5 Å². The number of ether oxygens (including phenoxy) is 2. The topological polar surface area (TPSA) is 47.5 Å². The van der Waals surface area contributed by atoms with Gasteiger partial charge in [0.15, 0.2) is 0 Å². The summed E-state index contributed by atoms with van der Waals surface area (Å²) >= 11 is 0. The lowest BCUT2D eigenvalue weighted by Crippen LogP contribution is -2.37. The second kappa shape index (κ2) is 6.06. The summed E-state index contributed by atoms with van der Waals surface area (Å²) in [5, 5.41) is 0. The van der Waals surface area contributed by atoms with E-state index in [4.69, 9.17) is 9.47 Å². The average Bonchev–Trinajstić information content (AvgIpc) is 2.87. The first-order valence-electron chi connectivity index (χ1n) is 8.48. The van der Waals surface area contributed by atoms with E-state index in [-0.39, 0.29) is 0 Å². The highest BCUT2D eigenvalue weighted by molar-refractivity contribution is 5.41. The first-order chi connectivity index (χ1) is 11.7. The van der Waals surface area contributed by atoms with Gasteiger partial charge in [0.2, 0.25) is 0 Å². The summed E-state index contributed by atoms with van der Waals surface area (Å²) in [5.41, 5.74) is 3.71. The molecule has 1 aromatic heterocycles. The van der Waals surface area contributed by atoms with Gasteiger partial charge in [-0.15, -0.1) is 0 Å². The standard InChI is InChI=1S/C19H23N3O2/c1-12-20-10-16-17(21-12)9-14-4-6-18(16)22(14)11-13-8-15(23-2)5-7-19(13)24-3/h5,7-8,10,14,18H,4,6,9,11H2,1-3H3/t14-,18-/m0/s1. The molecule has 3 heterocycles. The molecule has 2 aromatic rings. The minimum absolute atomic E-state index is 0.412. The first kappa shape index (κ1) is 15.4. The molecule has 0 saturated carbocycles. The second-order valence-corrected chi connectivity index (χ2v) is 6.62. The quantitative estimate of drug-likeness (QED) is 0.864. The largest absolute Gasteiger partial charge is 0.497 e. The summed E-state index contributed by atoms with van der Waals surface area (Å²) in [7, 11) is 3.42. The summed E-state index contributed by atoms with van der Waals surface area (Å²) in [6.45, 7) is 2.83. The number of hydrogen-bond acceptors (Lipinski definition) is 5. The molecule has 1 aromatic carbocycles. The lowest BCUT2D eigenvalue weighted by molar-refractivity contribution is 0.164. The van der Waals surface area contributed by atoms with Crippen LogP contribution in [0.5, 0.6) is 11.5 Å². The molecule has 0 radical (unpaired) electrons. The molecule has 1 saturated heterocycles. The second-order valence-electron chi connectivity index (χ2n) is 6.62. The molecule has 126 valence electrons. The molecule has 24 heavy (non-hydrogen) atoms. The molecule has 2 atom stereocenters. The molecule has 2 aliphatic heterocycles.